The molecule has 0 bridgehead atoms. The first-order valence-corrected chi connectivity index (χ1v) is 5.97. The van der Waals surface area contributed by atoms with Crippen molar-refractivity contribution in [3.63, 3.8) is 0 Å². The molecule has 0 aliphatic heterocycles. The Morgan fingerprint density at radius 1 is 1.19 bits per heavy atom. The topological polar surface area (TPSA) is 17.8 Å². The molecule has 0 saturated carbocycles. The zero-order valence-corrected chi connectivity index (χ0v) is 9.61. The van der Waals surface area contributed by atoms with E-state index in [1.165, 1.54) is 41.8 Å². The summed E-state index contributed by atoms with van der Waals surface area (Å²) in [5.74, 6) is 0. The van der Waals surface area contributed by atoms with Crippen LogP contribution in [0.15, 0.2) is 30.5 Å². The highest BCUT2D eigenvalue weighted by Crippen LogP contribution is 2.21. The molecule has 1 heterocycles. The highest BCUT2D eigenvalue weighted by atomic mass is 15.3. The van der Waals surface area contributed by atoms with Crippen LogP contribution in [-0.4, -0.2) is 9.78 Å². The average Bonchev–Trinajstić information content (AvgIpc) is 2.72. The summed E-state index contributed by atoms with van der Waals surface area (Å²) < 4.78 is 2.03. The lowest BCUT2D eigenvalue weighted by molar-refractivity contribution is 0.671. The second-order valence-corrected chi connectivity index (χ2v) is 4.59. The van der Waals surface area contributed by atoms with Crippen LogP contribution in [0.25, 0.3) is 5.69 Å². The highest BCUT2D eigenvalue weighted by molar-refractivity contribution is 5.36. The van der Waals surface area contributed by atoms with Gasteiger partial charge in [-0.3, -0.25) is 0 Å². The first-order valence-electron chi connectivity index (χ1n) is 5.97. The van der Waals surface area contributed by atoms with Crippen LogP contribution in [-0.2, 0) is 12.8 Å². The third kappa shape index (κ3) is 1.64. The first kappa shape index (κ1) is 9.64. The normalized spacial score (nSPS) is 14.8. The van der Waals surface area contributed by atoms with Gasteiger partial charge in [0.05, 0.1) is 11.4 Å². The number of hydrogen-bond acceptors (Lipinski definition) is 1. The van der Waals surface area contributed by atoms with E-state index in [0.717, 1.165) is 6.42 Å². The second kappa shape index (κ2) is 3.78. The number of fused-ring (bicyclic) bond motifs is 1. The van der Waals surface area contributed by atoms with Gasteiger partial charge in [-0.2, -0.15) is 5.10 Å². The molecule has 0 saturated heterocycles. The maximum atomic E-state index is 4.68. The van der Waals surface area contributed by atoms with E-state index in [-0.39, 0.29) is 0 Å². The summed E-state index contributed by atoms with van der Waals surface area (Å²) >= 11 is 0. The van der Waals surface area contributed by atoms with Gasteiger partial charge in [-0.05, 0) is 55.9 Å². The third-order valence-corrected chi connectivity index (χ3v) is 3.25. The monoisotopic (exact) mass is 212 g/mol. The van der Waals surface area contributed by atoms with Gasteiger partial charge in [-0.25, -0.2) is 4.68 Å². The summed E-state index contributed by atoms with van der Waals surface area (Å²) in [5, 5.41) is 4.68. The molecule has 0 N–H and O–H groups in total. The second-order valence-electron chi connectivity index (χ2n) is 4.59. The van der Waals surface area contributed by atoms with E-state index >= 15 is 0 Å². The average molecular weight is 212 g/mol. The van der Waals surface area contributed by atoms with Crippen LogP contribution in [0.5, 0.6) is 0 Å². The Morgan fingerprint density at radius 2 is 2.06 bits per heavy atom. The van der Waals surface area contributed by atoms with E-state index in [0.29, 0.717) is 0 Å². The van der Waals surface area contributed by atoms with Crippen LogP contribution in [0.4, 0.5) is 0 Å². The minimum Gasteiger partial charge on any atom is -0.240 e. The van der Waals surface area contributed by atoms with Gasteiger partial charge in [0.1, 0.15) is 0 Å². The Hall–Kier alpha value is -1.57. The minimum absolute atomic E-state index is 1.15. The lowest BCUT2D eigenvalue weighted by Crippen LogP contribution is -2.00. The van der Waals surface area contributed by atoms with Crippen molar-refractivity contribution in [1.82, 2.24) is 9.78 Å². The SMILES string of the molecule is Cc1cccc(-n2cc3c(n2)CCCC3)c1. The molecule has 0 unspecified atom stereocenters. The molecule has 2 aromatic rings. The summed E-state index contributed by atoms with van der Waals surface area (Å²) in [6.45, 7) is 2.12. The number of hydrogen-bond donors (Lipinski definition) is 0. The molecule has 16 heavy (non-hydrogen) atoms. The standard InChI is InChI=1S/C14H16N2/c1-11-5-4-7-13(9-11)16-10-12-6-2-3-8-14(12)15-16/h4-5,7,9-10H,2-3,6,8H2,1H3. The van der Waals surface area contributed by atoms with Gasteiger partial charge in [-0.1, -0.05) is 12.1 Å². The summed E-state index contributed by atoms with van der Waals surface area (Å²) in [6.07, 6.45) is 7.14. The third-order valence-electron chi connectivity index (χ3n) is 3.25. The molecule has 3 rings (SSSR count). The zero-order valence-electron chi connectivity index (χ0n) is 9.61. The van der Waals surface area contributed by atoms with Crippen LogP contribution in [0, 0.1) is 6.92 Å². The van der Waals surface area contributed by atoms with E-state index in [1.807, 2.05) is 4.68 Å². The van der Waals surface area contributed by atoms with Crippen molar-refractivity contribution in [2.24, 2.45) is 0 Å². The Bertz CT molecular complexity index is 488. The maximum absolute atomic E-state index is 4.68. The lowest BCUT2D eigenvalue weighted by Gasteiger charge is -2.06. The number of nitrogens with zero attached hydrogens (tertiary/aromatic N) is 2. The largest absolute Gasteiger partial charge is 0.240 e. The molecule has 2 heteroatoms. The van der Waals surface area contributed by atoms with Gasteiger partial charge in [0.25, 0.3) is 0 Å². The molecule has 0 fully saturated rings. The Morgan fingerprint density at radius 3 is 2.88 bits per heavy atom. The van der Waals surface area contributed by atoms with Gasteiger partial charge >= 0.3 is 0 Å². The van der Waals surface area contributed by atoms with Crippen molar-refractivity contribution in [1.29, 1.82) is 0 Å². The van der Waals surface area contributed by atoms with E-state index in [1.54, 1.807) is 0 Å². The van der Waals surface area contributed by atoms with Gasteiger partial charge in [-0.15, -0.1) is 0 Å². The zero-order chi connectivity index (χ0) is 11.0. The molecule has 1 aromatic heterocycles. The smallest absolute Gasteiger partial charge is 0.0660 e. The molecular weight excluding hydrogens is 196 g/mol. The fourth-order valence-corrected chi connectivity index (χ4v) is 2.38. The van der Waals surface area contributed by atoms with Crippen molar-refractivity contribution in [3.8, 4) is 5.69 Å². The lowest BCUT2D eigenvalue weighted by atomic mass is 9.99. The quantitative estimate of drug-likeness (QED) is 0.710. The van der Waals surface area contributed by atoms with Crippen molar-refractivity contribution in [2.75, 3.05) is 0 Å². The van der Waals surface area contributed by atoms with Gasteiger partial charge in [0.2, 0.25) is 0 Å². The Kier molecular flexibility index (Phi) is 2.28. The predicted molar refractivity (Wildman–Crippen MR) is 64.9 cm³/mol. The molecule has 1 aromatic carbocycles. The van der Waals surface area contributed by atoms with Crippen molar-refractivity contribution in [3.05, 3.63) is 47.3 Å². The van der Waals surface area contributed by atoms with Crippen LogP contribution >= 0.6 is 0 Å². The van der Waals surface area contributed by atoms with Crippen LogP contribution in [0.2, 0.25) is 0 Å². The van der Waals surface area contributed by atoms with Gasteiger partial charge in [0.15, 0.2) is 0 Å². The van der Waals surface area contributed by atoms with Gasteiger partial charge in [0, 0.05) is 6.20 Å². The Labute approximate surface area is 95.9 Å². The molecule has 2 nitrogen and oxygen atoms in total. The summed E-state index contributed by atoms with van der Waals surface area (Å²) in [6, 6.07) is 8.50. The first-order chi connectivity index (χ1) is 7.83. The molecule has 0 spiro atoms. The fraction of sp³-hybridized carbons (Fsp3) is 0.357. The van der Waals surface area contributed by atoms with E-state index in [4.69, 9.17) is 0 Å². The maximum Gasteiger partial charge on any atom is 0.0660 e. The Balaban J connectivity index is 2.03. The molecule has 0 amide bonds. The van der Waals surface area contributed by atoms with Crippen LogP contribution < -0.4 is 0 Å². The predicted octanol–water partition coefficient (Wildman–Crippen LogP) is 3.06. The van der Waals surface area contributed by atoms with Crippen molar-refractivity contribution < 1.29 is 0 Å². The summed E-state index contributed by atoms with van der Waals surface area (Å²) in [4.78, 5) is 0. The van der Waals surface area contributed by atoms with Crippen LogP contribution in [0.1, 0.15) is 29.7 Å². The fourth-order valence-electron chi connectivity index (χ4n) is 2.38. The van der Waals surface area contributed by atoms with E-state index in [2.05, 4.69) is 42.5 Å². The highest BCUT2D eigenvalue weighted by Gasteiger charge is 2.13. The molecule has 0 radical (unpaired) electrons. The van der Waals surface area contributed by atoms with Gasteiger partial charge < -0.3 is 0 Å². The van der Waals surface area contributed by atoms with Crippen LogP contribution in [0.3, 0.4) is 0 Å². The molecule has 1 aliphatic carbocycles. The number of rotatable bonds is 1. The number of aromatic nitrogens is 2. The minimum atomic E-state index is 1.15. The molecular formula is C14H16N2. The molecule has 1 aliphatic rings. The summed E-state index contributed by atoms with van der Waals surface area (Å²) in [5.41, 5.74) is 5.20. The van der Waals surface area contributed by atoms with Crippen molar-refractivity contribution in [2.45, 2.75) is 32.6 Å². The molecule has 0 atom stereocenters. The number of aryl methyl sites for hydroxylation is 3. The summed E-state index contributed by atoms with van der Waals surface area (Å²) in [7, 11) is 0. The number of benzene rings is 1. The van der Waals surface area contributed by atoms with E-state index < -0.39 is 0 Å². The van der Waals surface area contributed by atoms with E-state index in [9.17, 15) is 0 Å². The van der Waals surface area contributed by atoms with Crippen molar-refractivity contribution >= 4 is 0 Å². The molecule has 82 valence electrons.